The Bertz CT molecular complexity index is 203. The van der Waals surface area contributed by atoms with Crippen molar-refractivity contribution in [2.24, 2.45) is 11.3 Å². The summed E-state index contributed by atoms with van der Waals surface area (Å²) in [5, 5.41) is 13.3. The Morgan fingerprint density at radius 3 is 2.40 bits per heavy atom. The molecule has 0 saturated heterocycles. The summed E-state index contributed by atoms with van der Waals surface area (Å²) in [5.74, 6) is 0.792. The quantitative estimate of drug-likeness (QED) is 0.735. The normalized spacial score (nSPS) is 33.2. The van der Waals surface area contributed by atoms with Crippen molar-refractivity contribution >= 4 is 0 Å². The summed E-state index contributed by atoms with van der Waals surface area (Å²) in [6, 6.07) is 1.06. The third-order valence-electron chi connectivity index (χ3n) is 4.15. The van der Waals surface area contributed by atoms with Crippen molar-refractivity contribution in [3.05, 3.63) is 0 Å². The molecule has 0 heterocycles. The van der Waals surface area contributed by atoms with Crippen LogP contribution in [0.5, 0.6) is 0 Å². The minimum atomic E-state index is -0.120. The van der Waals surface area contributed by atoms with Crippen LogP contribution < -0.4 is 5.32 Å². The predicted molar refractivity (Wildman–Crippen MR) is 64.9 cm³/mol. The largest absolute Gasteiger partial charge is 0.392 e. The zero-order chi connectivity index (χ0) is 11.6. The fourth-order valence-electron chi connectivity index (χ4n) is 2.37. The first-order chi connectivity index (χ1) is 6.87. The van der Waals surface area contributed by atoms with Gasteiger partial charge in [-0.05, 0) is 25.7 Å². The fraction of sp³-hybridized carbons (Fsp3) is 1.00. The van der Waals surface area contributed by atoms with Gasteiger partial charge in [-0.25, -0.2) is 0 Å². The second-order valence-electron chi connectivity index (χ2n) is 5.94. The van der Waals surface area contributed by atoms with Crippen LogP contribution in [-0.4, -0.2) is 23.3 Å². The van der Waals surface area contributed by atoms with Crippen molar-refractivity contribution in [1.82, 2.24) is 5.32 Å². The molecule has 4 unspecified atom stereocenters. The van der Waals surface area contributed by atoms with Gasteiger partial charge in [-0.3, -0.25) is 0 Å². The lowest BCUT2D eigenvalue weighted by molar-refractivity contribution is -0.0758. The number of nitrogens with one attached hydrogen (secondary N) is 1. The van der Waals surface area contributed by atoms with E-state index in [1.54, 1.807) is 0 Å². The van der Waals surface area contributed by atoms with Crippen LogP contribution in [-0.2, 0) is 0 Å². The van der Waals surface area contributed by atoms with Crippen LogP contribution in [0.3, 0.4) is 0 Å². The number of hydrogen-bond donors (Lipinski definition) is 2. The summed E-state index contributed by atoms with van der Waals surface area (Å²) in [6.07, 6.45) is 3.28. The maximum atomic E-state index is 9.65. The molecule has 2 nitrogen and oxygen atoms in total. The SMILES string of the molecule is CCC(C)CC(C)NC1CC(O)C1(C)C. The molecule has 2 N–H and O–H groups in total. The standard InChI is InChI=1S/C13H27NO/c1-6-9(2)7-10(3)14-11-8-12(15)13(11,4)5/h9-12,14-15H,6-8H2,1-5H3. The van der Waals surface area contributed by atoms with Gasteiger partial charge < -0.3 is 10.4 Å². The smallest absolute Gasteiger partial charge is 0.0621 e. The Morgan fingerprint density at radius 2 is 2.00 bits per heavy atom. The van der Waals surface area contributed by atoms with Gasteiger partial charge in [0.1, 0.15) is 0 Å². The molecule has 1 aliphatic carbocycles. The summed E-state index contributed by atoms with van der Waals surface area (Å²) in [7, 11) is 0. The van der Waals surface area contributed by atoms with Crippen molar-refractivity contribution in [2.75, 3.05) is 0 Å². The highest BCUT2D eigenvalue weighted by molar-refractivity contribution is 5.02. The van der Waals surface area contributed by atoms with E-state index in [1.807, 2.05) is 0 Å². The van der Waals surface area contributed by atoms with Crippen LogP contribution in [0.15, 0.2) is 0 Å². The van der Waals surface area contributed by atoms with E-state index < -0.39 is 0 Å². The summed E-state index contributed by atoms with van der Waals surface area (Å²) >= 11 is 0. The lowest BCUT2D eigenvalue weighted by Gasteiger charge is -2.50. The molecule has 1 fully saturated rings. The van der Waals surface area contributed by atoms with Gasteiger partial charge in [-0.1, -0.05) is 34.1 Å². The van der Waals surface area contributed by atoms with Gasteiger partial charge in [-0.2, -0.15) is 0 Å². The maximum absolute atomic E-state index is 9.65. The molecule has 90 valence electrons. The molecule has 0 aromatic carbocycles. The summed E-state index contributed by atoms with van der Waals surface area (Å²) in [5.41, 5.74) is 0.0592. The molecule has 0 aromatic rings. The highest BCUT2D eigenvalue weighted by atomic mass is 16.3. The molecule has 0 aromatic heterocycles. The predicted octanol–water partition coefficient (Wildman–Crippen LogP) is 2.56. The molecule has 0 bridgehead atoms. The average molecular weight is 213 g/mol. The Morgan fingerprint density at radius 1 is 1.40 bits per heavy atom. The zero-order valence-corrected chi connectivity index (χ0v) is 10.9. The van der Waals surface area contributed by atoms with Gasteiger partial charge >= 0.3 is 0 Å². The van der Waals surface area contributed by atoms with Crippen molar-refractivity contribution in [3.8, 4) is 0 Å². The highest BCUT2D eigenvalue weighted by Crippen LogP contribution is 2.40. The van der Waals surface area contributed by atoms with Gasteiger partial charge in [-0.15, -0.1) is 0 Å². The fourth-order valence-corrected chi connectivity index (χ4v) is 2.37. The first kappa shape index (κ1) is 13.0. The first-order valence-electron chi connectivity index (χ1n) is 6.32. The molecule has 4 atom stereocenters. The molecule has 15 heavy (non-hydrogen) atoms. The molecule has 2 heteroatoms. The molecule has 1 rings (SSSR count). The molecular formula is C13H27NO. The maximum Gasteiger partial charge on any atom is 0.0621 e. The van der Waals surface area contributed by atoms with E-state index in [9.17, 15) is 5.11 Å². The van der Waals surface area contributed by atoms with Gasteiger partial charge in [0.25, 0.3) is 0 Å². The van der Waals surface area contributed by atoms with Gasteiger partial charge in [0, 0.05) is 17.5 Å². The number of hydrogen-bond acceptors (Lipinski definition) is 2. The van der Waals surface area contributed by atoms with E-state index in [2.05, 4.69) is 39.9 Å². The molecule has 0 amide bonds. The van der Waals surface area contributed by atoms with Crippen LogP contribution >= 0.6 is 0 Å². The lowest BCUT2D eigenvalue weighted by Crippen LogP contribution is -2.61. The van der Waals surface area contributed by atoms with Crippen LogP contribution in [0.1, 0.15) is 53.9 Å². The number of rotatable bonds is 5. The second kappa shape index (κ2) is 4.84. The molecular weight excluding hydrogens is 186 g/mol. The average Bonchev–Trinajstić information content (AvgIpc) is 2.17. The Labute approximate surface area is 94.5 Å². The zero-order valence-electron chi connectivity index (χ0n) is 10.9. The van der Waals surface area contributed by atoms with Gasteiger partial charge in [0.15, 0.2) is 0 Å². The van der Waals surface area contributed by atoms with Crippen LogP contribution in [0, 0.1) is 11.3 Å². The molecule has 0 spiro atoms. The van der Waals surface area contributed by atoms with Crippen molar-refractivity contribution in [3.63, 3.8) is 0 Å². The van der Waals surface area contributed by atoms with E-state index in [1.165, 1.54) is 12.8 Å². The third-order valence-corrected chi connectivity index (χ3v) is 4.15. The third kappa shape index (κ3) is 2.94. The van der Waals surface area contributed by atoms with E-state index in [4.69, 9.17) is 0 Å². The molecule has 1 saturated carbocycles. The van der Waals surface area contributed by atoms with Crippen LogP contribution in [0.2, 0.25) is 0 Å². The Balaban J connectivity index is 2.31. The van der Waals surface area contributed by atoms with Crippen molar-refractivity contribution in [1.29, 1.82) is 0 Å². The summed E-state index contributed by atoms with van der Waals surface area (Å²) in [6.45, 7) is 11.1. The van der Waals surface area contributed by atoms with E-state index in [0.717, 1.165) is 12.3 Å². The van der Waals surface area contributed by atoms with E-state index >= 15 is 0 Å². The van der Waals surface area contributed by atoms with E-state index in [0.29, 0.717) is 12.1 Å². The monoisotopic (exact) mass is 213 g/mol. The highest BCUT2D eigenvalue weighted by Gasteiger charge is 2.47. The van der Waals surface area contributed by atoms with E-state index in [-0.39, 0.29) is 11.5 Å². The van der Waals surface area contributed by atoms with Crippen LogP contribution in [0.25, 0.3) is 0 Å². The number of aliphatic hydroxyl groups excluding tert-OH is 1. The first-order valence-corrected chi connectivity index (χ1v) is 6.32. The second-order valence-corrected chi connectivity index (χ2v) is 5.94. The minimum absolute atomic E-state index is 0.0592. The van der Waals surface area contributed by atoms with Crippen LogP contribution in [0.4, 0.5) is 0 Å². The minimum Gasteiger partial charge on any atom is -0.392 e. The number of aliphatic hydroxyl groups is 1. The van der Waals surface area contributed by atoms with Gasteiger partial charge in [0.05, 0.1) is 6.10 Å². The summed E-state index contributed by atoms with van der Waals surface area (Å²) in [4.78, 5) is 0. The molecule has 1 aliphatic rings. The lowest BCUT2D eigenvalue weighted by atomic mass is 9.64. The Hall–Kier alpha value is -0.0800. The summed E-state index contributed by atoms with van der Waals surface area (Å²) < 4.78 is 0. The van der Waals surface area contributed by atoms with Gasteiger partial charge in [0.2, 0.25) is 0 Å². The topological polar surface area (TPSA) is 32.3 Å². The van der Waals surface area contributed by atoms with Crippen molar-refractivity contribution < 1.29 is 5.11 Å². The van der Waals surface area contributed by atoms with Crippen molar-refractivity contribution in [2.45, 2.75) is 72.1 Å². The molecule has 0 aliphatic heterocycles. The molecule has 0 radical (unpaired) electrons. The Kier molecular flexibility index (Phi) is 4.19.